The lowest BCUT2D eigenvalue weighted by molar-refractivity contribution is 0.00652. The minimum Gasteiger partial charge on any atom is -0.465 e. The highest BCUT2D eigenvalue weighted by molar-refractivity contribution is 6.06. The first-order chi connectivity index (χ1) is 8.26. The van der Waals surface area contributed by atoms with Gasteiger partial charge in [0, 0.05) is 6.20 Å². The molecule has 0 aliphatic heterocycles. The molecule has 1 aromatic heterocycles. The highest BCUT2D eigenvalue weighted by atomic mass is 16.6. The fraction of sp³-hybridized carbons (Fsp3) is 0.417. The maximum Gasteiger partial charge on any atom is 0.342 e. The summed E-state index contributed by atoms with van der Waals surface area (Å²) < 4.78 is 9.76. The number of nitrogen functional groups attached to an aromatic ring is 1. The Morgan fingerprint density at radius 2 is 1.89 bits per heavy atom. The van der Waals surface area contributed by atoms with Crippen molar-refractivity contribution in [1.29, 1.82) is 0 Å². The van der Waals surface area contributed by atoms with Gasteiger partial charge in [-0.15, -0.1) is 0 Å². The summed E-state index contributed by atoms with van der Waals surface area (Å²) >= 11 is 0. The molecule has 0 saturated heterocycles. The lowest BCUT2D eigenvalue weighted by Gasteiger charge is -2.20. The number of carbonyl (C=O) groups excluding carboxylic acids is 2. The highest BCUT2D eigenvalue weighted by Crippen LogP contribution is 2.19. The third kappa shape index (κ3) is 3.19. The Kier molecular flexibility index (Phi) is 3.90. The lowest BCUT2D eigenvalue weighted by Crippen LogP contribution is -2.26. The van der Waals surface area contributed by atoms with Gasteiger partial charge in [0.05, 0.1) is 12.7 Å². The summed E-state index contributed by atoms with van der Waals surface area (Å²) in [6, 6.07) is 1.37. The smallest absolute Gasteiger partial charge is 0.342 e. The molecule has 1 heterocycles. The van der Waals surface area contributed by atoms with Crippen LogP contribution >= 0.6 is 0 Å². The lowest BCUT2D eigenvalue weighted by atomic mass is 10.1. The average molecular weight is 252 g/mol. The Bertz CT molecular complexity index is 477. The van der Waals surface area contributed by atoms with E-state index in [0.717, 1.165) is 0 Å². The number of esters is 2. The number of anilines is 1. The van der Waals surface area contributed by atoms with E-state index in [-0.39, 0.29) is 16.9 Å². The van der Waals surface area contributed by atoms with Crippen molar-refractivity contribution >= 4 is 17.8 Å². The van der Waals surface area contributed by atoms with Crippen molar-refractivity contribution in [2.45, 2.75) is 26.4 Å². The summed E-state index contributed by atoms with van der Waals surface area (Å²) in [6.07, 6.45) is 1.33. The zero-order valence-corrected chi connectivity index (χ0v) is 10.8. The summed E-state index contributed by atoms with van der Waals surface area (Å²) in [5.41, 5.74) is 4.89. The van der Waals surface area contributed by atoms with Crippen molar-refractivity contribution in [3.8, 4) is 0 Å². The van der Waals surface area contributed by atoms with E-state index in [2.05, 4.69) is 9.72 Å². The minimum absolute atomic E-state index is 0.0456. The normalized spacial score (nSPS) is 10.9. The van der Waals surface area contributed by atoms with E-state index >= 15 is 0 Å². The maximum atomic E-state index is 11.9. The molecule has 0 fully saturated rings. The second-order valence-corrected chi connectivity index (χ2v) is 4.61. The molecular weight excluding hydrogens is 236 g/mol. The van der Waals surface area contributed by atoms with Gasteiger partial charge in [-0.05, 0) is 26.8 Å². The molecule has 98 valence electrons. The van der Waals surface area contributed by atoms with Crippen molar-refractivity contribution in [2.75, 3.05) is 12.8 Å². The molecule has 0 radical (unpaired) electrons. The van der Waals surface area contributed by atoms with Crippen LogP contribution in [0.25, 0.3) is 0 Å². The number of hydrogen-bond donors (Lipinski definition) is 1. The summed E-state index contributed by atoms with van der Waals surface area (Å²) in [5, 5.41) is 0. The van der Waals surface area contributed by atoms with E-state index in [1.54, 1.807) is 20.8 Å². The first kappa shape index (κ1) is 14.0. The molecule has 0 amide bonds. The zero-order chi connectivity index (χ0) is 13.9. The predicted molar refractivity (Wildman–Crippen MR) is 65.2 cm³/mol. The summed E-state index contributed by atoms with van der Waals surface area (Å²) in [5.74, 6) is -1.43. The second kappa shape index (κ2) is 5.03. The Morgan fingerprint density at radius 3 is 2.39 bits per heavy atom. The number of carbonyl (C=O) groups is 2. The molecule has 0 spiro atoms. The number of aromatic nitrogens is 1. The molecule has 0 unspecified atom stereocenters. The summed E-state index contributed by atoms with van der Waals surface area (Å²) in [6.45, 7) is 5.19. The standard InChI is InChI=1S/C12H16N2O4/c1-12(2,3)18-10(15)7-5-6-14-9(13)8(7)11(16)17-4/h5-6H,1-4H3,(H2,13,14). The number of methoxy groups -OCH3 is 1. The first-order valence-electron chi connectivity index (χ1n) is 5.32. The van der Waals surface area contributed by atoms with E-state index in [1.807, 2.05) is 0 Å². The molecule has 6 nitrogen and oxygen atoms in total. The summed E-state index contributed by atoms with van der Waals surface area (Å²) in [4.78, 5) is 27.3. The second-order valence-electron chi connectivity index (χ2n) is 4.61. The highest BCUT2D eigenvalue weighted by Gasteiger charge is 2.25. The maximum absolute atomic E-state index is 11.9. The first-order valence-corrected chi connectivity index (χ1v) is 5.32. The third-order valence-corrected chi connectivity index (χ3v) is 1.99. The quantitative estimate of drug-likeness (QED) is 0.800. The van der Waals surface area contributed by atoms with Crippen LogP contribution in [-0.4, -0.2) is 29.6 Å². The van der Waals surface area contributed by atoms with Crippen LogP contribution in [0.5, 0.6) is 0 Å². The molecule has 0 aliphatic carbocycles. The van der Waals surface area contributed by atoms with E-state index < -0.39 is 17.5 Å². The summed E-state index contributed by atoms with van der Waals surface area (Å²) in [7, 11) is 1.20. The van der Waals surface area contributed by atoms with Gasteiger partial charge in [-0.3, -0.25) is 0 Å². The third-order valence-electron chi connectivity index (χ3n) is 1.99. The molecule has 18 heavy (non-hydrogen) atoms. The van der Waals surface area contributed by atoms with E-state index in [1.165, 1.54) is 19.4 Å². The fourth-order valence-electron chi connectivity index (χ4n) is 1.30. The predicted octanol–water partition coefficient (Wildman–Crippen LogP) is 1.41. The molecule has 2 N–H and O–H groups in total. The molecular formula is C12H16N2O4. The number of nitrogens with two attached hydrogens (primary N) is 1. The van der Waals surface area contributed by atoms with Crippen LogP contribution in [0.3, 0.4) is 0 Å². The van der Waals surface area contributed by atoms with Crippen LogP contribution in [0, 0.1) is 0 Å². The number of pyridine rings is 1. The van der Waals surface area contributed by atoms with E-state index in [4.69, 9.17) is 10.5 Å². The van der Waals surface area contributed by atoms with Gasteiger partial charge in [-0.1, -0.05) is 0 Å². The van der Waals surface area contributed by atoms with Gasteiger partial charge in [0.2, 0.25) is 0 Å². The van der Waals surface area contributed by atoms with Crippen LogP contribution < -0.4 is 5.73 Å². The van der Waals surface area contributed by atoms with Crippen LogP contribution in [0.15, 0.2) is 12.3 Å². The SMILES string of the molecule is COC(=O)c1c(C(=O)OC(C)(C)C)ccnc1N. The molecule has 6 heteroatoms. The van der Waals surface area contributed by atoms with E-state index in [9.17, 15) is 9.59 Å². The zero-order valence-electron chi connectivity index (χ0n) is 10.8. The Balaban J connectivity index is 3.20. The molecule has 1 aromatic rings. The van der Waals surface area contributed by atoms with Crippen LogP contribution in [-0.2, 0) is 9.47 Å². The Labute approximate surface area is 105 Å². The van der Waals surface area contributed by atoms with Crippen LogP contribution in [0.1, 0.15) is 41.5 Å². The van der Waals surface area contributed by atoms with Crippen LogP contribution in [0.4, 0.5) is 5.82 Å². The van der Waals surface area contributed by atoms with Gasteiger partial charge in [0.1, 0.15) is 17.0 Å². The van der Waals surface area contributed by atoms with Crippen molar-refractivity contribution < 1.29 is 19.1 Å². The van der Waals surface area contributed by atoms with E-state index in [0.29, 0.717) is 0 Å². The largest absolute Gasteiger partial charge is 0.465 e. The van der Waals surface area contributed by atoms with Gasteiger partial charge in [-0.2, -0.15) is 0 Å². The Hall–Kier alpha value is -2.11. The van der Waals surface area contributed by atoms with Crippen molar-refractivity contribution in [3.63, 3.8) is 0 Å². The number of rotatable bonds is 2. The molecule has 0 aliphatic rings. The van der Waals surface area contributed by atoms with Gasteiger partial charge in [0.15, 0.2) is 0 Å². The van der Waals surface area contributed by atoms with Gasteiger partial charge >= 0.3 is 11.9 Å². The number of ether oxygens (including phenoxy) is 2. The topological polar surface area (TPSA) is 91.5 Å². The average Bonchev–Trinajstić information content (AvgIpc) is 2.25. The van der Waals surface area contributed by atoms with Gasteiger partial charge in [0.25, 0.3) is 0 Å². The minimum atomic E-state index is -0.721. The van der Waals surface area contributed by atoms with Crippen molar-refractivity contribution in [2.24, 2.45) is 0 Å². The van der Waals surface area contributed by atoms with Crippen molar-refractivity contribution in [3.05, 3.63) is 23.4 Å². The molecule has 0 bridgehead atoms. The Morgan fingerprint density at radius 1 is 1.28 bits per heavy atom. The number of hydrogen-bond acceptors (Lipinski definition) is 6. The van der Waals surface area contributed by atoms with Crippen molar-refractivity contribution in [1.82, 2.24) is 4.98 Å². The fourth-order valence-corrected chi connectivity index (χ4v) is 1.30. The van der Waals surface area contributed by atoms with Crippen LogP contribution in [0.2, 0.25) is 0 Å². The molecule has 1 rings (SSSR count). The molecule has 0 atom stereocenters. The van der Waals surface area contributed by atoms with Gasteiger partial charge in [-0.25, -0.2) is 14.6 Å². The monoisotopic (exact) mass is 252 g/mol. The molecule has 0 saturated carbocycles. The molecule has 0 aromatic carbocycles. The van der Waals surface area contributed by atoms with Gasteiger partial charge < -0.3 is 15.2 Å². The number of nitrogens with zero attached hydrogens (tertiary/aromatic N) is 1.